The van der Waals surface area contributed by atoms with Crippen molar-refractivity contribution in [3.05, 3.63) is 211 Å². The highest BCUT2D eigenvalue weighted by molar-refractivity contribution is 6.23. The molecular weight excluding hydrogens is 691 g/mol. The van der Waals surface area contributed by atoms with Gasteiger partial charge in [0.1, 0.15) is 5.58 Å². The fourth-order valence-electron chi connectivity index (χ4n) is 9.21. The smallest absolute Gasteiger partial charge is 0.160 e. The number of hydrogen-bond acceptors (Lipinski definition) is 2. The van der Waals surface area contributed by atoms with Crippen molar-refractivity contribution in [1.82, 2.24) is 0 Å². The van der Waals surface area contributed by atoms with Crippen LogP contribution in [0.25, 0.3) is 77.2 Å². The molecule has 0 saturated carbocycles. The molecule has 1 heterocycles. The van der Waals surface area contributed by atoms with E-state index in [0.717, 1.165) is 50.1 Å². The van der Waals surface area contributed by atoms with Crippen LogP contribution in [-0.4, -0.2) is 0 Å². The Kier molecular flexibility index (Phi) is 7.55. The normalized spacial score (nSPS) is 12.9. The molecule has 9 aromatic carbocycles. The molecule has 270 valence electrons. The van der Waals surface area contributed by atoms with E-state index in [0.29, 0.717) is 0 Å². The van der Waals surface area contributed by atoms with Crippen molar-refractivity contribution in [1.29, 1.82) is 0 Å². The second-order valence-electron chi connectivity index (χ2n) is 15.7. The van der Waals surface area contributed by atoms with Gasteiger partial charge in [-0.15, -0.1) is 0 Å². The SMILES string of the molecule is CC1(C)c2ccccc2-c2ccc(N(c3ccc(-c4ccccc4)cc3-c3ccc(-c4ccccc4)cc3)c3cc4ccccc4c4c3oc3ccccc34)cc21. The van der Waals surface area contributed by atoms with E-state index in [1.807, 2.05) is 0 Å². The topological polar surface area (TPSA) is 16.4 Å². The van der Waals surface area contributed by atoms with E-state index in [2.05, 4.69) is 219 Å². The van der Waals surface area contributed by atoms with Crippen LogP contribution in [0.15, 0.2) is 205 Å². The first-order chi connectivity index (χ1) is 28.0. The van der Waals surface area contributed by atoms with Gasteiger partial charge in [-0.1, -0.05) is 178 Å². The summed E-state index contributed by atoms with van der Waals surface area (Å²) in [5.74, 6) is 0. The molecule has 0 bridgehead atoms. The summed E-state index contributed by atoms with van der Waals surface area (Å²) < 4.78 is 6.96. The minimum atomic E-state index is -0.168. The number of furan rings is 1. The van der Waals surface area contributed by atoms with Crippen LogP contribution in [0.3, 0.4) is 0 Å². The number of rotatable bonds is 6. The molecule has 1 aliphatic rings. The Morgan fingerprint density at radius 2 is 1.00 bits per heavy atom. The fraction of sp³-hybridized carbons (Fsp3) is 0.0545. The Morgan fingerprint density at radius 1 is 0.404 bits per heavy atom. The Balaban J connectivity index is 1.21. The summed E-state index contributed by atoms with van der Waals surface area (Å²) in [7, 11) is 0. The van der Waals surface area contributed by atoms with Crippen LogP contribution in [-0.2, 0) is 5.41 Å². The predicted octanol–water partition coefficient (Wildman–Crippen LogP) is 15.5. The molecule has 0 aliphatic heterocycles. The quantitative estimate of drug-likeness (QED) is 0.169. The average Bonchev–Trinajstić information content (AvgIpc) is 3.77. The Morgan fingerprint density at radius 3 is 1.79 bits per heavy atom. The molecular formula is C55H39NO. The van der Waals surface area contributed by atoms with Crippen molar-refractivity contribution < 1.29 is 4.42 Å². The molecule has 2 nitrogen and oxygen atoms in total. The van der Waals surface area contributed by atoms with Crippen LogP contribution >= 0.6 is 0 Å². The minimum absolute atomic E-state index is 0.168. The molecule has 0 fully saturated rings. The van der Waals surface area contributed by atoms with E-state index >= 15 is 0 Å². The molecule has 57 heavy (non-hydrogen) atoms. The standard InChI is InChI=1S/C55H39NO/c1-55(2)48-23-13-11-21-44(48)45-31-30-42(35-49(45)55)56(51-34-41-19-9-10-20-43(41)53-46-22-12-14-24-52(46)57-54(51)53)50-32-29-40(37-17-7-4-8-18-37)33-47(50)39-27-25-38(26-28-39)36-15-5-3-6-16-36/h3-35H,1-2H3. The van der Waals surface area contributed by atoms with Gasteiger partial charge in [-0.05, 0) is 97.2 Å². The zero-order chi connectivity index (χ0) is 38.1. The maximum atomic E-state index is 6.96. The van der Waals surface area contributed by atoms with Crippen molar-refractivity contribution in [2.24, 2.45) is 0 Å². The maximum Gasteiger partial charge on any atom is 0.160 e. The van der Waals surface area contributed by atoms with E-state index < -0.39 is 0 Å². The van der Waals surface area contributed by atoms with E-state index in [1.54, 1.807) is 0 Å². The van der Waals surface area contributed by atoms with E-state index in [-0.39, 0.29) is 5.41 Å². The molecule has 0 spiro atoms. The van der Waals surface area contributed by atoms with E-state index in [4.69, 9.17) is 4.42 Å². The van der Waals surface area contributed by atoms with E-state index in [9.17, 15) is 0 Å². The third-order valence-corrected chi connectivity index (χ3v) is 12.1. The molecule has 0 amide bonds. The summed E-state index contributed by atoms with van der Waals surface area (Å²) in [5, 5.41) is 4.60. The Bertz CT molecular complexity index is 3140. The van der Waals surface area contributed by atoms with Gasteiger partial charge in [0, 0.05) is 27.4 Å². The lowest BCUT2D eigenvalue weighted by atomic mass is 9.82. The number of para-hydroxylation sites is 1. The molecule has 1 aromatic heterocycles. The molecule has 0 N–H and O–H groups in total. The molecule has 0 radical (unpaired) electrons. The summed E-state index contributed by atoms with van der Waals surface area (Å²) in [5.41, 5.74) is 17.1. The molecule has 2 heteroatoms. The third-order valence-electron chi connectivity index (χ3n) is 12.1. The molecule has 0 saturated heterocycles. The van der Waals surface area contributed by atoms with Gasteiger partial charge in [0.25, 0.3) is 0 Å². The lowest BCUT2D eigenvalue weighted by molar-refractivity contribution is 0.660. The van der Waals surface area contributed by atoms with Gasteiger partial charge in [0.15, 0.2) is 5.58 Å². The Hall–Kier alpha value is -7.16. The van der Waals surface area contributed by atoms with Crippen molar-refractivity contribution in [3.63, 3.8) is 0 Å². The molecule has 10 aromatic rings. The zero-order valence-electron chi connectivity index (χ0n) is 31.9. The van der Waals surface area contributed by atoms with Crippen molar-refractivity contribution in [2.45, 2.75) is 19.3 Å². The summed E-state index contributed by atoms with van der Waals surface area (Å²) in [6.07, 6.45) is 0. The van der Waals surface area contributed by atoms with Crippen LogP contribution in [0.5, 0.6) is 0 Å². The fourth-order valence-corrected chi connectivity index (χ4v) is 9.21. The largest absolute Gasteiger partial charge is 0.454 e. The van der Waals surface area contributed by atoms with Crippen LogP contribution in [0.2, 0.25) is 0 Å². The second kappa shape index (κ2) is 13.0. The first kappa shape index (κ1) is 33.2. The van der Waals surface area contributed by atoms with Crippen LogP contribution in [0, 0.1) is 0 Å². The molecule has 0 atom stereocenters. The van der Waals surface area contributed by atoms with Gasteiger partial charge >= 0.3 is 0 Å². The first-order valence-corrected chi connectivity index (χ1v) is 19.8. The summed E-state index contributed by atoms with van der Waals surface area (Å²) >= 11 is 0. The van der Waals surface area contributed by atoms with Crippen LogP contribution < -0.4 is 4.90 Å². The number of fused-ring (bicyclic) bond motifs is 8. The maximum absolute atomic E-state index is 6.96. The summed E-state index contributed by atoms with van der Waals surface area (Å²) in [4.78, 5) is 2.45. The van der Waals surface area contributed by atoms with Gasteiger partial charge in [0.2, 0.25) is 0 Å². The third kappa shape index (κ3) is 5.33. The number of benzene rings is 9. The van der Waals surface area contributed by atoms with Crippen molar-refractivity contribution >= 4 is 49.8 Å². The van der Waals surface area contributed by atoms with Crippen molar-refractivity contribution in [2.75, 3.05) is 4.90 Å². The lowest BCUT2D eigenvalue weighted by Crippen LogP contribution is -2.17. The average molecular weight is 730 g/mol. The number of nitrogens with zero attached hydrogens (tertiary/aromatic N) is 1. The molecule has 0 unspecified atom stereocenters. The predicted molar refractivity (Wildman–Crippen MR) is 240 cm³/mol. The molecule has 1 aliphatic carbocycles. The number of anilines is 3. The zero-order valence-corrected chi connectivity index (χ0v) is 31.9. The highest BCUT2D eigenvalue weighted by Crippen LogP contribution is 2.53. The van der Waals surface area contributed by atoms with E-state index in [1.165, 1.54) is 55.3 Å². The Labute approximate surface area is 332 Å². The van der Waals surface area contributed by atoms with Gasteiger partial charge < -0.3 is 9.32 Å². The second-order valence-corrected chi connectivity index (χ2v) is 15.7. The minimum Gasteiger partial charge on any atom is -0.454 e. The van der Waals surface area contributed by atoms with Gasteiger partial charge in [-0.25, -0.2) is 0 Å². The van der Waals surface area contributed by atoms with Gasteiger partial charge in [-0.3, -0.25) is 0 Å². The van der Waals surface area contributed by atoms with Crippen LogP contribution in [0.1, 0.15) is 25.0 Å². The number of hydrogen-bond donors (Lipinski definition) is 0. The highest BCUT2D eigenvalue weighted by Gasteiger charge is 2.36. The highest BCUT2D eigenvalue weighted by atomic mass is 16.3. The van der Waals surface area contributed by atoms with Gasteiger partial charge in [0.05, 0.1) is 11.4 Å². The first-order valence-electron chi connectivity index (χ1n) is 19.8. The summed E-state index contributed by atoms with van der Waals surface area (Å²) in [6.45, 7) is 4.71. The summed E-state index contributed by atoms with van der Waals surface area (Å²) in [6, 6.07) is 72.6. The lowest BCUT2D eigenvalue weighted by Gasteiger charge is -2.30. The van der Waals surface area contributed by atoms with Gasteiger partial charge in [-0.2, -0.15) is 0 Å². The van der Waals surface area contributed by atoms with Crippen LogP contribution in [0.4, 0.5) is 17.1 Å². The molecule has 11 rings (SSSR count). The van der Waals surface area contributed by atoms with Crippen molar-refractivity contribution in [3.8, 4) is 44.5 Å². The monoisotopic (exact) mass is 729 g/mol.